The summed E-state index contributed by atoms with van der Waals surface area (Å²) in [7, 11) is 0. The van der Waals surface area contributed by atoms with Crippen molar-refractivity contribution < 1.29 is 4.42 Å². The highest BCUT2D eigenvalue weighted by atomic mass is 16.3. The van der Waals surface area contributed by atoms with E-state index in [1.807, 2.05) is 6.07 Å². The zero-order valence-electron chi connectivity index (χ0n) is 11.1. The van der Waals surface area contributed by atoms with Crippen LogP contribution >= 0.6 is 0 Å². The average molecular weight is 243 g/mol. The Balaban J connectivity index is 2.13. The van der Waals surface area contributed by atoms with Gasteiger partial charge in [0.15, 0.2) is 0 Å². The molecular weight excluding hydrogens is 222 g/mol. The van der Waals surface area contributed by atoms with Crippen LogP contribution in [0.1, 0.15) is 36.3 Å². The number of aryl methyl sites for hydroxylation is 1. The predicted molar refractivity (Wildman–Crippen MR) is 74.6 cm³/mol. The molecule has 0 amide bonds. The summed E-state index contributed by atoms with van der Waals surface area (Å²) in [5, 5.41) is 3.57. The lowest BCUT2D eigenvalue weighted by atomic mass is 10.0. The van der Waals surface area contributed by atoms with Crippen molar-refractivity contribution in [3.05, 3.63) is 59.5 Å². The van der Waals surface area contributed by atoms with E-state index in [2.05, 4.69) is 49.5 Å². The molecule has 0 aliphatic rings. The minimum Gasteiger partial charge on any atom is -0.467 e. The van der Waals surface area contributed by atoms with E-state index in [-0.39, 0.29) is 6.04 Å². The Bertz CT molecular complexity index is 461. The summed E-state index contributed by atoms with van der Waals surface area (Å²) in [4.78, 5) is 0. The minimum absolute atomic E-state index is 0.266. The normalized spacial score (nSPS) is 12.6. The smallest absolute Gasteiger partial charge is 0.123 e. The van der Waals surface area contributed by atoms with Gasteiger partial charge in [-0.05, 0) is 43.5 Å². The second kappa shape index (κ2) is 6.41. The molecular formula is C16H21NO. The first-order valence-corrected chi connectivity index (χ1v) is 6.62. The van der Waals surface area contributed by atoms with E-state index in [1.165, 1.54) is 11.1 Å². The standard InChI is InChI=1S/C16H21NO/c1-3-10-17-15(16-13(2)9-11-18-16)12-14-7-5-4-6-8-14/h4-9,11,15,17H,3,10,12H2,1-2H3. The van der Waals surface area contributed by atoms with Gasteiger partial charge in [0.1, 0.15) is 5.76 Å². The molecule has 18 heavy (non-hydrogen) atoms. The van der Waals surface area contributed by atoms with Gasteiger partial charge in [0.25, 0.3) is 0 Å². The van der Waals surface area contributed by atoms with Gasteiger partial charge in [-0.3, -0.25) is 0 Å². The number of nitrogens with one attached hydrogen (secondary N) is 1. The summed E-state index contributed by atoms with van der Waals surface area (Å²) >= 11 is 0. The summed E-state index contributed by atoms with van der Waals surface area (Å²) in [5.41, 5.74) is 2.56. The van der Waals surface area contributed by atoms with Gasteiger partial charge in [-0.25, -0.2) is 0 Å². The third kappa shape index (κ3) is 3.23. The molecule has 0 radical (unpaired) electrons. The molecule has 1 heterocycles. The summed E-state index contributed by atoms with van der Waals surface area (Å²) in [6.07, 6.45) is 3.87. The van der Waals surface area contributed by atoms with Crippen LogP contribution in [0.25, 0.3) is 0 Å². The Morgan fingerprint density at radius 2 is 1.94 bits per heavy atom. The maximum atomic E-state index is 5.63. The van der Waals surface area contributed by atoms with Crippen LogP contribution in [0.3, 0.4) is 0 Å². The fourth-order valence-electron chi connectivity index (χ4n) is 2.17. The lowest BCUT2D eigenvalue weighted by molar-refractivity contribution is 0.408. The lowest BCUT2D eigenvalue weighted by Gasteiger charge is -2.17. The monoisotopic (exact) mass is 243 g/mol. The first kappa shape index (κ1) is 12.9. The third-order valence-electron chi connectivity index (χ3n) is 3.14. The molecule has 0 aliphatic heterocycles. The van der Waals surface area contributed by atoms with E-state index in [0.29, 0.717) is 0 Å². The van der Waals surface area contributed by atoms with Crippen molar-refractivity contribution in [1.29, 1.82) is 0 Å². The fourth-order valence-corrected chi connectivity index (χ4v) is 2.17. The van der Waals surface area contributed by atoms with Crippen molar-refractivity contribution in [2.24, 2.45) is 0 Å². The Morgan fingerprint density at radius 1 is 1.17 bits per heavy atom. The molecule has 1 unspecified atom stereocenters. The molecule has 0 saturated heterocycles. The van der Waals surface area contributed by atoms with Crippen LogP contribution in [0.5, 0.6) is 0 Å². The Labute approximate surface area is 109 Å². The predicted octanol–water partition coefficient (Wildman–Crippen LogP) is 3.87. The summed E-state index contributed by atoms with van der Waals surface area (Å²) in [6, 6.07) is 12.8. The molecule has 2 rings (SSSR count). The summed E-state index contributed by atoms with van der Waals surface area (Å²) in [5.74, 6) is 1.06. The first-order valence-electron chi connectivity index (χ1n) is 6.62. The van der Waals surface area contributed by atoms with Crippen molar-refractivity contribution in [2.45, 2.75) is 32.7 Å². The topological polar surface area (TPSA) is 25.2 Å². The van der Waals surface area contributed by atoms with E-state index in [0.717, 1.165) is 25.1 Å². The molecule has 96 valence electrons. The van der Waals surface area contributed by atoms with Gasteiger partial charge in [-0.1, -0.05) is 37.3 Å². The number of benzene rings is 1. The third-order valence-corrected chi connectivity index (χ3v) is 3.14. The molecule has 1 aromatic heterocycles. The van der Waals surface area contributed by atoms with Crippen molar-refractivity contribution in [3.63, 3.8) is 0 Å². The number of furan rings is 1. The van der Waals surface area contributed by atoms with Crippen molar-refractivity contribution in [3.8, 4) is 0 Å². The molecule has 1 N–H and O–H groups in total. The number of rotatable bonds is 6. The second-order valence-electron chi connectivity index (χ2n) is 4.66. The number of hydrogen-bond donors (Lipinski definition) is 1. The van der Waals surface area contributed by atoms with Crippen LogP contribution in [0.2, 0.25) is 0 Å². The van der Waals surface area contributed by atoms with E-state index in [4.69, 9.17) is 4.42 Å². The van der Waals surface area contributed by atoms with Crippen LogP contribution in [0.15, 0.2) is 47.1 Å². The Kier molecular flexibility index (Phi) is 4.59. The quantitative estimate of drug-likeness (QED) is 0.833. The molecule has 0 spiro atoms. The zero-order valence-corrected chi connectivity index (χ0v) is 11.1. The molecule has 0 aliphatic carbocycles. The molecule has 2 heteroatoms. The molecule has 0 bridgehead atoms. The van der Waals surface area contributed by atoms with Gasteiger partial charge < -0.3 is 9.73 Å². The minimum atomic E-state index is 0.266. The Hall–Kier alpha value is -1.54. The summed E-state index contributed by atoms with van der Waals surface area (Å²) < 4.78 is 5.63. The second-order valence-corrected chi connectivity index (χ2v) is 4.66. The lowest BCUT2D eigenvalue weighted by Crippen LogP contribution is -2.24. The maximum Gasteiger partial charge on any atom is 0.123 e. The highest BCUT2D eigenvalue weighted by Gasteiger charge is 2.16. The fraction of sp³-hybridized carbons (Fsp3) is 0.375. The molecule has 0 fully saturated rings. The average Bonchev–Trinajstić information content (AvgIpc) is 2.82. The highest BCUT2D eigenvalue weighted by Crippen LogP contribution is 2.22. The zero-order chi connectivity index (χ0) is 12.8. The van der Waals surface area contributed by atoms with Crippen LogP contribution < -0.4 is 5.32 Å². The van der Waals surface area contributed by atoms with Crippen molar-refractivity contribution in [1.82, 2.24) is 5.32 Å². The van der Waals surface area contributed by atoms with E-state index in [1.54, 1.807) is 6.26 Å². The van der Waals surface area contributed by atoms with Gasteiger partial charge in [0.2, 0.25) is 0 Å². The van der Waals surface area contributed by atoms with Gasteiger partial charge in [0, 0.05) is 0 Å². The van der Waals surface area contributed by atoms with Crippen LogP contribution in [0.4, 0.5) is 0 Å². The SMILES string of the molecule is CCCNC(Cc1ccccc1)c1occc1C. The van der Waals surface area contributed by atoms with E-state index in [9.17, 15) is 0 Å². The first-order chi connectivity index (χ1) is 8.81. The molecule has 1 aromatic carbocycles. The van der Waals surface area contributed by atoms with E-state index >= 15 is 0 Å². The van der Waals surface area contributed by atoms with Gasteiger partial charge >= 0.3 is 0 Å². The van der Waals surface area contributed by atoms with Gasteiger partial charge in [-0.15, -0.1) is 0 Å². The maximum absolute atomic E-state index is 5.63. The van der Waals surface area contributed by atoms with E-state index < -0.39 is 0 Å². The molecule has 0 saturated carbocycles. The van der Waals surface area contributed by atoms with Crippen LogP contribution in [-0.2, 0) is 6.42 Å². The van der Waals surface area contributed by atoms with Gasteiger partial charge in [0.05, 0.1) is 12.3 Å². The summed E-state index contributed by atoms with van der Waals surface area (Å²) in [6.45, 7) is 5.30. The van der Waals surface area contributed by atoms with Crippen LogP contribution in [-0.4, -0.2) is 6.54 Å². The molecule has 2 nitrogen and oxygen atoms in total. The van der Waals surface area contributed by atoms with Crippen molar-refractivity contribution in [2.75, 3.05) is 6.54 Å². The van der Waals surface area contributed by atoms with Gasteiger partial charge in [-0.2, -0.15) is 0 Å². The molecule has 1 atom stereocenters. The molecule has 2 aromatic rings. The highest BCUT2D eigenvalue weighted by molar-refractivity contribution is 5.23. The van der Waals surface area contributed by atoms with Crippen LogP contribution in [0, 0.1) is 6.92 Å². The number of hydrogen-bond acceptors (Lipinski definition) is 2. The van der Waals surface area contributed by atoms with Crippen molar-refractivity contribution >= 4 is 0 Å². The largest absolute Gasteiger partial charge is 0.467 e. The Morgan fingerprint density at radius 3 is 2.56 bits per heavy atom.